The number of hydrogen-bond donors (Lipinski definition) is 1. The number of fused-ring (bicyclic) bond motifs is 1. The van der Waals surface area contributed by atoms with Gasteiger partial charge in [0.05, 0.1) is 28.0 Å². The van der Waals surface area contributed by atoms with Crippen LogP contribution in [0.1, 0.15) is 30.1 Å². The van der Waals surface area contributed by atoms with Crippen LogP contribution in [-0.4, -0.2) is 22.6 Å². The molecule has 1 saturated heterocycles. The number of non-ortho nitro benzene ring substituents is 1. The minimum absolute atomic E-state index is 0.0157. The minimum Gasteiger partial charge on any atom is -0.322 e. The summed E-state index contributed by atoms with van der Waals surface area (Å²) < 4.78 is 0. The van der Waals surface area contributed by atoms with Gasteiger partial charge in [-0.3, -0.25) is 24.5 Å². The molecular formula is C28H23N3O5. The molecule has 1 N–H and O–H groups in total. The minimum atomic E-state index is -0.449. The van der Waals surface area contributed by atoms with Crippen LogP contribution >= 0.6 is 0 Å². The normalized spacial score (nSPS) is 19.0. The Hall–Kier alpha value is -4.59. The zero-order valence-electron chi connectivity index (χ0n) is 19.5. The van der Waals surface area contributed by atoms with Gasteiger partial charge in [0, 0.05) is 17.8 Å². The van der Waals surface area contributed by atoms with Gasteiger partial charge >= 0.3 is 0 Å². The Morgan fingerprint density at radius 3 is 2.19 bits per heavy atom. The third-order valence-corrected chi connectivity index (χ3v) is 6.77. The smallest absolute Gasteiger partial charge is 0.269 e. The molecule has 3 aromatic carbocycles. The molecule has 0 saturated carbocycles. The van der Waals surface area contributed by atoms with Crippen molar-refractivity contribution in [2.75, 3.05) is 10.2 Å². The lowest BCUT2D eigenvalue weighted by Gasteiger charge is -2.19. The lowest BCUT2D eigenvalue weighted by atomic mass is 9.82. The van der Waals surface area contributed by atoms with Crippen LogP contribution in [0.25, 0.3) is 11.1 Å². The van der Waals surface area contributed by atoms with Crippen LogP contribution in [0.3, 0.4) is 0 Å². The van der Waals surface area contributed by atoms with Crippen LogP contribution in [0, 0.1) is 22.0 Å². The average Bonchev–Trinajstić information content (AvgIpc) is 3.13. The number of amides is 3. The monoisotopic (exact) mass is 481 g/mol. The van der Waals surface area contributed by atoms with Gasteiger partial charge in [0.25, 0.3) is 11.6 Å². The number of imide groups is 1. The van der Waals surface area contributed by atoms with E-state index in [-0.39, 0.29) is 34.9 Å². The number of carbonyl (C=O) groups excluding carboxylic acids is 3. The van der Waals surface area contributed by atoms with Crippen molar-refractivity contribution >= 4 is 34.8 Å². The molecule has 180 valence electrons. The van der Waals surface area contributed by atoms with Crippen molar-refractivity contribution < 1.29 is 19.3 Å². The third kappa shape index (κ3) is 4.17. The molecule has 8 heteroatoms. The van der Waals surface area contributed by atoms with Gasteiger partial charge in [0.1, 0.15) is 0 Å². The Morgan fingerprint density at radius 1 is 0.917 bits per heavy atom. The molecule has 0 aromatic heterocycles. The Balaban J connectivity index is 1.35. The number of nitrogens with zero attached hydrogens (tertiary/aromatic N) is 2. The molecule has 2 aliphatic rings. The highest BCUT2D eigenvalue weighted by Crippen LogP contribution is 2.40. The van der Waals surface area contributed by atoms with Crippen molar-refractivity contribution in [3.8, 4) is 11.1 Å². The van der Waals surface area contributed by atoms with E-state index in [1.54, 1.807) is 60.7 Å². The first-order chi connectivity index (χ1) is 17.3. The van der Waals surface area contributed by atoms with Crippen molar-refractivity contribution in [3.63, 3.8) is 0 Å². The summed E-state index contributed by atoms with van der Waals surface area (Å²) >= 11 is 0. The lowest BCUT2D eigenvalue weighted by molar-refractivity contribution is -0.384. The quantitative estimate of drug-likeness (QED) is 0.228. The van der Waals surface area contributed by atoms with Gasteiger partial charge in [-0.1, -0.05) is 35.9 Å². The average molecular weight is 482 g/mol. The Bertz CT molecular complexity index is 1410. The summed E-state index contributed by atoms with van der Waals surface area (Å²) in [6.45, 7) is 1.96. The second-order valence-corrected chi connectivity index (χ2v) is 9.07. The maximum Gasteiger partial charge on any atom is 0.269 e. The molecule has 1 fully saturated rings. The number of nitrogens with one attached hydrogen (secondary N) is 1. The fourth-order valence-corrected chi connectivity index (χ4v) is 4.86. The van der Waals surface area contributed by atoms with Crippen molar-refractivity contribution in [2.45, 2.75) is 19.8 Å². The molecular weight excluding hydrogens is 458 g/mol. The summed E-state index contributed by atoms with van der Waals surface area (Å²) in [7, 11) is 0. The maximum atomic E-state index is 13.2. The van der Waals surface area contributed by atoms with E-state index in [0.29, 0.717) is 24.2 Å². The molecule has 2 atom stereocenters. The maximum absolute atomic E-state index is 13.2. The zero-order chi connectivity index (χ0) is 25.4. The SMILES string of the molecule is CC1=CC[C@H]2C(=O)N(c3ccccc3C(=O)Nc3ccc(-c4ccc([N+](=O)[O-])cc4)cc3)C(=O)[C@H]2C1. The van der Waals surface area contributed by atoms with Crippen molar-refractivity contribution in [2.24, 2.45) is 11.8 Å². The molecule has 1 heterocycles. The molecule has 3 amide bonds. The molecule has 0 spiro atoms. The molecule has 3 aromatic rings. The number of carbonyl (C=O) groups is 3. The van der Waals surface area contributed by atoms with Gasteiger partial charge in [0.2, 0.25) is 11.8 Å². The van der Waals surface area contributed by atoms with Gasteiger partial charge in [-0.05, 0) is 67.3 Å². The van der Waals surface area contributed by atoms with Crippen LogP contribution in [0.5, 0.6) is 0 Å². The van der Waals surface area contributed by atoms with E-state index in [1.165, 1.54) is 17.0 Å². The van der Waals surface area contributed by atoms with Crippen LogP contribution in [0.2, 0.25) is 0 Å². The number of nitro groups is 1. The lowest BCUT2D eigenvalue weighted by Crippen LogP contribution is -2.33. The fourth-order valence-electron chi connectivity index (χ4n) is 4.86. The summed E-state index contributed by atoms with van der Waals surface area (Å²) in [6, 6.07) is 19.9. The first-order valence-corrected chi connectivity index (χ1v) is 11.6. The Morgan fingerprint density at radius 2 is 1.53 bits per heavy atom. The second-order valence-electron chi connectivity index (χ2n) is 9.07. The Kier molecular flexibility index (Phi) is 5.93. The van der Waals surface area contributed by atoms with E-state index in [0.717, 1.165) is 16.7 Å². The topological polar surface area (TPSA) is 110 Å². The molecule has 1 aliphatic carbocycles. The van der Waals surface area contributed by atoms with Gasteiger partial charge in [0.15, 0.2) is 0 Å². The molecule has 36 heavy (non-hydrogen) atoms. The predicted molar refractivity (Wildman–Crippen MR) is 135 cm³/mol. The van der Waals surface area contributed by atoms with E-state index in [1.807, 2.05) is 13.0 Å². The second kappa shape index (κ2) is 9.22. The Labute approximate surface area is 207 Å². The van der Waals surface area contributed by atoms with Crippen LogP contribution in [0.15, 0.2) is 84.4 Å². The van der Waals surface area contributed by atoms with Crippen LogP contribution in [0.4, 0.5) is 17.1 Å². The van der Waals surface area contributed by atoms with Crippen molar-refractivity contribution in [1.82, 2.24) is 0 Å². The first kappa shape index (κ1) is 23.2. The standard InChI is InChI=1S/C28H23N3O5/c1-17-6-15-22-24(16-17)28(34)30(27(22)33)25-5-3-2-4-23(25)26(32)29-20-11-7-18(8-12-20)19-9-13-21(14-10-19)31(35)36/h2-14,22,24H,15-16H2,1H3,(H,29,32)/t22-,24+/m1/s1. The van der Waals surface area contributed by atoms with Crippen molar-refractivity contribution in [1.29, 1.82) is 0 Å². The highest BCUT2D eigenvalue weighted by Gasteiger charge is 2.49. The molecule has 0 radical (unpaired) electrons. The van der Waals surface area contributed by atoms with Crippen LogP contribution < -0.4 is 10.2 Å². The number of hydrogen-bond acceptors (Lipinski definition) is 5. The number of benzene rings is 3. The molecule has 0 bridgehead atoms. The predicted octanol–water partition coefficient (Wildman–Crippen LogP) is 5.36. The van der Waals surface area contributed by atoms with Gasteiger partial charge in [-0.25, -0.2) is 4.90 Å². The molecule has 0 unspecified atom stereocenters. The highest BCUT2D eigenvalue weighted by molar-refractivity contribution is 6.25. The third-order valence-electron chi connectivity index (χ3n) is 6.77. The van der Waals surface area contributed by atoms with E-state index >= 15 is 0 Å². The van der Waals surface area contributed by atoms with Crippen molar-refractivity contribution in [3.05, 3.63) is 100 Å². The summed E-state index contributed by atoms with van der Waals surface area (Å²) in [5, 5.41) is 13.7. The van der Waals surface area contributed by atoms with Crippen LogP contribution in [-0.2, 0) is 9.59 Å². The summed E-state index contributed by atoms with van der Waals surface area (Å²) in [6.07, 6.45) is 3.10. The zero-order valence-corrected chi connectivity index (χ0v) is 19.5. The first-order valence-electron chi connectivity index (χ1n) is 11.6. The fraction of sp³-hybridized carbons (Fsp3) is 0.179. The van der Waals surface area contributed by atoms with E-state index < -0.39 is 10.8 Å². The molecule has 8 nitrogen and oxygen atoms in total. The van der Waals surface area contributed by atoms with Gasteiger partial charge in [-0.2, -0.15) is 0 Å². The van der Waals surface area contributed by atoms with E-state index in [4.69, 9.17) is 0 Å². The highest BCUT2D eigenvalue weighted by atomic mass is 16.6. The molecule has 1 aliphatic heterocycles. The number of anilines is 2. The van der Waals surface area contributed by atoms with Gasteiger partial charge in [-0.15, -0.1) is 0 Å². The van der Waals surface area contributed by atoms with Gasteiger partial charge < -0.3 is 5.32 Å². The van der Waals surface area contributed by atoms with E-state index in [9.17, 15) is 24.5 Å². The number of nitro benzene ring substituents is 1. The largest absolute Gasteiger partial charge is 0.322 e. The summed E-state index contributed by atoms with van der Waals surface area (Å²) in [5.74, 6) is -1.72. The van der Waals surface area contributed by atoms with E-state index in [2.05, 4.69) is 5.32 Å². The number of para-hydroxylation sites is 1. The number of allylic oxidation sites excluding steroid dienone is 2. The molecule has 5 rings (SSSR count). The summed E-state index contributed by atoms with van der Waals surface area (Å²) in [4.78, 5) is 51.1. The number of rotatable bonds is 5. The summed E-state index contributed by atoms with van der Waals surface area (Å²) in [5.41, 5.74) is 3.82.